The number of thioether (sulfide) groups is 1. The van der Waals surface area contributed by atoms with Crippen LogP contribution in [0.3, 0.4) is 0 Å². The SMILES string of the molecule is O=C(CSc1nncn1CC(=O)Nc1ccccc1)Nc1ccccc1. The first-order valence-electron chi connectivity index (χ1n) is 7.91. The van der Waals surface area contributed by atoms with Gasteiger partial charge in [-0.2, -0.15) is 0 Å². The van der Waals surface area contributed by atoms with Gasteiger partial charge in [-0.1, -0.05) is 48.2 Å². The maximum Gasteiger partial charge on any atom is 0.244 e. The summed E-state index contributed by atoms with van der Waals surface area (Å²) < 4.78 is 1.61. The van der Waals surface area contributed by atoms with Crippen LogP contribution in [0.2, 0.25) is 0 Å². The fourth-order valence-electron chi connectivity index (χ4n) is 2.19. The molecule has 2 N–H and O–H groups in total. The van der Waals surface area contributed by atoms with Crippen LogP contribution in [0, 0.1) is 0 Å². The maximum atomic E-state index is 12.1. The van der Waals surface area contributed by atoms with E-state index >= 15 is 0 Å². The summed E-state index contributed by atoms with van der Waals surface area (Å²) >= 11 is 1.23. The topological polar surface area (TPSA) is 88.9 Å². The quantitative estimate of drug-likeness (QED) is 0.627. The van der Waals surface area contributed by atoms with Gasteiger partial charge in [0.05, 0.1) is 5.75 Å². The third-order valence-electron chi connectivity index (χ3n) is 3.34. The van der Waals surface area contributed by atoms with Gasteiger partial charge >= 0.3 is 0 Å². The van der Waals surface area contributed by atoms with Crippen LogP contribution < -0.4 is 10.6 Å². The summed E-state index contributed by atoms with van der Waals surface area (Å²) in [5, 5.41) is 13.9. The van der Waals surface area contributed by atoms with Crippen molar-refractivity contribution in [2.45, 2.75) is 11.7 Å². The van der Waals surface area contributed by atoms with Crippen LogP contribution in [0.1, 0.15) is 0 Å². The molecule has 1 heterocycles. The number of hydrogen-bond acceptors (Lipinski definition) is 5. The Balaban J connectivity index is 1.51. The normalized spacial score (nSPS) is 10.3. The molecule has 0 bridgehead atoms. The van der Waals surface area contributed by atoms with Crippen molar-refractivity contribution in [3.05, 3.63) is 67.0 Å². The molecule has 2 amide bonds. The zero-order valence-corrected chi connectivity index (χ0v) is 14.6. The molecular formula is C18H17N5O2S. The van der Waals surface area contributed by atoms with Crippen molar-refractivity contribution >= 4 is 35.0 Å². The summed E-state index contributed by atoms with van der Waals surface area (Å²) in [6.07, 6.45) is 1.47. The van der Waals surface area contributed by atoms with Gasteiger partial charge in [0.1, 0.15) is 12.9 Å². The highest BCUT2D eigenvalue weighted by Crippen LogP contribution is 2.16. The molecule has 26 heavy (non-hydrogen) atoms. The molecule has 0 saturated heterocycles. The summed E-state index contributed by atoms with van der Waals surface area (Å²) in [5.74, 6) is -0.162. The van der Waals surface area contributed by atoms with Crippen LogP contribution in [-0.4, -0.2) is 32.3 Å². The second kappa shape index (κ2) is 8.82. The van der Waals surface area contributed by atoms with Crippen molar-refractivity contribution in [2.24, 2.45) is 0 Å². The highest BCUT2D eigenvalue weighted by Gasteiger charge is 2.12. The summed E-state index contributed by atoms with van der Waals surface area (Å²) in [4.78, 5) is 24.1. The number of aromatic nitrogens is 3. The van der Waals surface area contributed by atoms with E-state index in [2.05, 4.69) is 20.8 Å². The largest absolute Gasteiger partial charge is 0.325 e. The summed E-state index contributed by atoms with van der Waals surface area (Å²) in [6, 6.07) is 18.4. The van der Waals surface area contributed by atoms with Gasteiger partial charge in [-0.15, -0.1) is 10.2 Å². The molecule has 2 aromatic carbocycles. The van der Waals surface area contributed by atoms with Gasteiger partial charge in [-0.05, 0) is 24.3 Å². The smallest absolute Gasteiger partial charge is 0.244 e. The van der Waals surface area contributed by atoms with E-state index in [1.54, 1.807) is 4.57 Å². The lowest BCUT2D eigenvalue weighted by Crippen LogP contribution is -2.19. The van der Waals surface area contributed by atoms with E-state index in [9.17, 15) is 9.59 Å². The highest BCUT2D eigenvalue weighted by molar-refractivity contribution is 7.99. The first-order valence-corrected chi connectivity index (χ1v) is 8.89. The van der Waals surface area contributed by atoms with Crippen molar-refractivity contribution in [3.63, 3.8) is 0 Å². The monoisotopic (exact) mass is 367 g/mol. The Morgan fingerprint density at radius 1 is 0.885 bits per heavy atom. The molecule has 0 spiro atoms. The minimum Gasteiger partial charge on any atom is -0.325 e. The average molecular weight is 367 g/mol. The Morgan fingerprint density at radius 2 is 1.46 bits per heavy atom. The number of carbonyl (C=O) groups excluding carboxylic acids is 2. The molecule has 0 unspecified atom stereocenters. The molecule has 0 aliphatic heterocycles. The number of nitrogens with one attached hydrogen (secondary N) is 2. The Morgan fingerprint density at radius 3 is 2.08 bits per heavy atom. The van der Waals surface area contributed by atoms with E-state index in [1.165, 1.54) is 18.1 Å². The molecule has 3 aromatic rings. The molecule has 7 nitrogen and oxygen atoms in total. The number of rotatable bonds is 7. The van der Waals surface area contributed by atoms with Gasteiger partial charge in [-0.25, -0.2) is 0 Å². The minimum atomic E-state index is -0.188. The van der Waals surface area contributed by atoms with E-state index in [-0.39, 0.29) is 24.1 Å². The third kappa shape index (κ3) is 5.18. The second-order valence-corrected chi connectivity index (χ2v) is 6.30. The number of anilines is 2. The molecule has 132 valence electrons. The number of nitrogens with zero attached hydrogens (tertiary/aromatic N) is 3. The predicted octanol–water partition coefficient (Wildman–Crippen LogP) is 2.65. The molecule has 0 aliphatic carbocycles. The van der Waals surface area contributed by atoms with E-state index in [0.717, 1.165) is 11.4 Å². The Bertz CT molecular complexity index is 868. The molecule has 0 atom stereocenters. The first-order chi connectivity index (χ1) is 12.7. The number of carbonyl (C=O) groups is 2. The van der Waals surface area contributed by atoms with E-state index in [0.29, 0.717) is 5.16 Å². The van der Waals surface area contributed by atoms with Crippen LogP contribution >= 0.6 is 11.8 Å². The van der Waals surface area contributed by atoms with E-state index in [4.69, 9.17) is 0 Å². The lowest BCUT2D eigenvalue weighted by atomic mass is 10.3. The molecule has 0 fully saturated rings. The lowest BCUT2D eigenvalue weighted by molar-refractivity contribution is -0.117. The van der Waals surface area contributed by atoms with Gasteiger partial charge in [0.15, 0.2) is 5.16 Å². The van der Waals surface area contributed by atoms with Gasteiger partial charge < -0.3 is 10.6 Å². The predicted molar refractivity (Wildman–Crippen MR) is 101 cm³/mol. The highest BCUT2D eigenvalue weighted by atomic mass is 32.2. The number of para-hydroxylation sites is 2. The van der Waals surface area contributed by atoms with Crippen molar-refractivity contribution in [1.29, 1.82) is 0 Å². The first kappa shape index (κ1) is 17.7. The molecule has 0 saturated carbocycles. The summed E-state index contributed by atoms with van der Waals surface area (Å²) in [6.45, 7) is 0.0739. The molecule has 8 heteroatoms. The van der Waals surface area contributed by atoms with E-state index < -0.39 is 0 Å². The molecule has 1 aromatic heterocycles. The Hall–Kier alpha value is -3.13. The van der Waals surface area contributed by atoms with Crippen molar-refractivity contribution in [1.82, 2.24) is 14.8 Å². The van der Waals surface area contributed by atoms with Crippen molar-refractivity contribution in [2.75, 3.05) is 16.4 Å². The number of amides is 2. The van der Waals surface area contributed by atoms with Gasteiger partial charge in [0.2, 0.25) is 11.8 Å². The zero-order valence-electron chi connectivity index (χ0n) is 13.8. The summed E-state index contributed by atoms with van der Waals surface area (Å²) in [7, 11) is 0. The number of hydrogen-bond donors (Lipinski definition) is 2. The van der Waals surface area contributed by atoms with Gasteiger partial charge in [0.25, 0.3) is 0 Å². The Labute approximate surface area is 154 Å². The Kier molecular flexibility index (Phi) is 6.00. The van der Waals surface area contributed by atoms with Crippen molar-refractivity contribution < 1.29 is 9.59 Å². The fraction of sp³-hybridized carbons (Fsp3) is 0.111. The van der Waals surface area contributed by atoms with Crippen LogP contribution in [0.5, 0.6) is 0 Å². The third-order valence-corrected chi connectivity index (χ3v) is 4.32. The van der Waals surface area contributed by atoms with Gasteiger partial charge in [-0.3, -0.25) is 14.2 Å². The standard InChI is InChI=1S/C18H17N5O2S/c24-16(20-14-7-3-1-4-8-14)11-23-13-19-22-18(23)26-12-17(25)21-15-9-5-2-6-10-15/h1-10,13H,11-12H2,(H,20,24)(H,21,25). The van der Waals surface area contributed by atoms with Crippen LogP contribution in [0.4, 0.5) is 11.4 Å². The van der Waals surface area contributed by atoms with Crippen LogP contribution in [0.25, 0.3) is 0 Å². The zero-order chi connectivity index (χ0) is 18.2. The molecule has 0 aliphatic rings. The molecule has 0 radical (unpaired) electrons. The fourth-order valence-corrected chi connectivity index (χ4v) is 2.90. The minimum absolute atomic E-state index is 0.0739. The molecular weight excluding hydrogens is 350 g/mol. The maximum absolute atomic E-state index is 12.1. The van der Waals surface area contributed by atoms with Gasteiger partial charge in [0, 0.05) is 11.4 Å². The lowest BCUT2D eigenvalue weighted by Gasteiger charge is -2.08. The number of benzene rings is 2. The van der Waals surface area contributed by atoms with Crippen molar-refractivity contribution in [3.8, 4) is 0 Å². The average Bonchev–Trinajstić information content (AvgIpc) is 3.08. The summed E-state index contributed by atoms with van der Waals surface area (Å²) in [5.41, 5.74) is 1.46. The molecule has 3 rings (SSSR count). The second-order valence-electron chi connectivity index (χ2n) is 5.36. The van der Waals surface area contributed by atoms with E-state index in [1.807, 2.05) is 60.7 Å². The van der Waals surface area contributed by atoms with Crippen LogP contribution in [0.15, 0.2) is 72.1 Å². The van der Waals surface area contributed by atoms with Crippen LogP contribution in [-0.2, 0) is 16.1 Å².